The number of carbonyl (C=O) groups is 1. The van der Waals surface area contributed by atoms with Gasteiger partial charge in [0.05, 0.1) is 0 Å². The molecule has 5 nitrogen and oxygen atoms in total. The summed E-state index contributed by atoms with van der Waals surface area (Å²) in [7, 11) is 0. The van der Waals surface area contributed by atoms with E-state index in [0.29, 0.717) is 36.9 Å². The predicted molar refractivity (Wildman–Crippen MR) is 100.0 cm³/mol. The first-order valence-electron chi connectivity index (χ1n) is 9.04. The monoisotopic (exact) mass is 414 g/mol. The summed E-state index contributed by atoms with van der Waals surface area (Å²) >= 11 is 6.01. The lowest BCUT2D eigenvalue weighted by Crippen LogP contribution is -2.50. The fraction of sp³-hybridized carbons (Fsp3) is 0.474. The first-order chi connectivity index (χ1) is 13.1. The predicted octanol–water partition coefficient (Wildman–Crippen LogP) is 3.77. The maximum absolute atomic E-state index is 12.9. The zero-order valence-electron chi connectivity index (χ0n) is 15.7. The summed E-state index contributed by atoms with van der Waals surface area (Å²) in [6, 6.07) is 7.83. The number of aromatic nitrogens is 2. The van der Waals surface area contributed by atoms with E-state index >= 15 is 0 Å². The Morgan fingerprint density at radius 2 is 1.89 bits per heavy atom. The van der Waals surface area contributed by atoms with Gasteiger partial charge in [0.1, 0.15) is 6.04 Å². The largest absolute Gasteiger partial charge is 0.435 e. The Hall–Kier alpha value is -2.06. The van der Waals surface area contributed by atoms with Crippen LogP contribution in [0.5, 0.6) is 0 Å². The number of nitrogens with zero attached hydrogens (tertiary/aromatic N) is 4. The average Bonchev–Trinajstić information content (AvgIpc) is 3.03. The highest BCUT2D eigenvalue weighted by Gasteiger charge is 2.36. The summed E-state index contributed by atoms with van der Waals surface area (Å²) in [5.74, 6) is -0.220. The minimum absolute atomic E-state index is 0.220. The highest BCUT2D eigenvalue weighted by Crippen LogP contribution is 2.29. The van der Waals surface area contributed by atoms with Crippen LogP contribution in [0.2, 0.25) is 5.02 Å². The minimum Gasteiger partial charge on any atom is -0.338 e. The van der Waals surface area contributed by atoms with E-state index in [9.17, 15) is 18.0 Å². The van der Waals surface area contributed by atoms with Crippen molar-refractivity contribution < 1.29 is 18.0 Å². The quantitative estimate of drug-likeness (QED) is 0.764. The van der Waals surface area contributed by atoms with E-state index < -0.39 is 17.9 Å². The first-order valence-corrected chi connectivity index (χ1v) is 9.42. The lowest BCUT2D eigenvalue weighted by molar-refractivity contribution is -0.143. The van der Waals surface area contributed by atoms with Gasteiger partial charge in [-0.1, -0.05) is 23.7 Å². The molecule has 1 fully saturated rings. The minimum atomic E-state index is -4.52. The molecular formula is C19H22ClF3N4O. The molecule has 1 atom stereocenters. The number of amides is 1. The standard InChI is InChI=1S/C19H22ClF3N4O/c1-13-10-17(19(21,22)23)24-27(13)14(2)18(28)26-8-6-25(7-9-26)12-15-4-3-5-16(20)11-15/h3-5,10-11,14H,6-9,12H2,1-2H3. The molecule has 28 heavy (non-hydrogen) atoms. The van der Waals surface area contributed by atoms with Gasteiger partial charge in [-0.25, -0.2) is 0 Å². The summed E-state index contributed by atoms with van der Waals surface area (Å²) in [4.78, 5) is 16.7. The Bertz CT molecular complexity index is 844. The Labute approximate surface area is 166 Å². The molecule has 2 heterocycles. The van der Waals surface area contributed by atoms with Crippen molar-refractivity contribution in [3.05, 3.63) is 52.3 Å². The molecule has 1 saturated heterocycles. The first kappa shape index (κ1) is 20.7. The van der Waals surface area contributed by atoms with Crippen LogP contribution in [0, 0.1) is 6.92 Å². The van der Waals surface area contributed by atoms with Crippen LogP contribution in [-0.4, -0.2) is 51.7 Å². The lowest BCUT2D eigenvalue weighted by Gasteiger charge is -2.36. The van der Waals surface area contributed by atoms with Crippen LogP contribution in [0.1, 0.15) is 29.9 Å². The van der Waals surface area contributed by atoms with E-state index in [0.717, 1.165) is 22.9 Å². The fourth-order valence-electron chi connectivity index (χ4n) is 3.41. The van der Waals surface area contributed by atoms with Gasteiger partial charge in [-0.15, -0.1) is 0 Å². The van der Waals surface area contributed by atoms with Crippen molar-refractivity contribution in [3.8, 4) is 0 Å². The van der Waals surface area contributed by atoms with E-state index in [2.05, 4.69) is 10.00 Å². The summed E-state index contributed by atoms with van der Waals surface area (Å²) in [6.07, 6.45) is -4.52. The molecule has 0 radical (unpaired) electrons. The van der Waals surface area contributed by atoms with Crippen molar-refractivity contribution in [1.29, 1.82) is 0 Å². The number of aryl methyl sites for hydroxylation is 1. The molecule has 3 rings (SSSR count). The SMILES string of the molecule is Cc1cc(C(F)(F)F)nn1C(C)C(=O)N1CCN(Cc2cccc(Cl)c2)CC1. The maximum atomic E-state index is 12.9. The van der Waals surface area contributed by atoms with Crippen LogP contribution in [-0.2, 0) is 17.5 Å². The Morgan fingerprint density at radius 3 is 2.46 bits per heavy atom. The van der Waals surface area contributed by atoms with Crippen LogP contribution in [0.3, 0.4) is 0 Å². The van der Waals surface area contributed by atoms with Gasteiger partial charge in [0.25, 0.3) is 0 Å². The van der Waals surface area contributed by atoms with Crippen molar-refractivity contribution in [2.45, 2.75) is 32.6 Å². The molecule has 152 valence electrons. The third-order valence-corrected chi connectivity index (χ3v) is 5.15. The van der Waals surface area contributed by atoms with E-state index in [-0.39, 0.29) is 5.91 Å². The summed E-state index contributed by atoms with van der Waals surface area (Å²) < 4.78 is 39.7. The molecule has 0 N–H and O–H groups in total. The van der Waals surface area contributed by atoms with Gasteiger partial charge in [-0.05, 0) is 37.6 Å². The molecule has 0 aliphatic carbocycles. The summed E-state index contributed by atoms with van der Waals surface area (Å²) in [6.45, 7) is 6.28. The third-order valence-electron chi connectivity index (χ3n) is 4.92. The second-order valence-electron chi connectivity index (χ2n) is 7.02. The average molecular weight is 415 g/mol. The zero-order chi connectivity index (χ0) is 20.5. The van der Waals surface area contributed by atoms with Crippen molar-refractivity contribution in [2.24, 2.45) is 0 Å². The Balaban J connectivity index is 1.59. The molecule has 1 aliphatic heterocycles. The second kappa shape index (κ2) is 8.13. The Kier molecular flexibility index (Phi) is 6.00. The maximum Gasteiger partial charge on any atom is 0.435 e. The third kappa shape index (κ3) is 4.67. The molecule has 1 aliphatic rings. The van der Waals surface area contributed by atoms with Crippen LogP contribution in [0.15, 0.2) is 30.3 Å². The molecular weight excluding hydrogens is 393 g/mol. The molecule has 1 unspecified atom stereocenters. The van der Waals surface area contributed by atoms with E-state index in [1.54, 1.807) is 11.8 Å². The van der Waals surface area contributed by atoms with Gasteiger partial charge in [-0.3, -0.25) is 14.4 Å². The van der Waals surface area contributed by atoms with Crippen LogP contribution in [0.25, 0.3) is 0 Å². The van der Waals surface area contributed by atoms with E-state index in [1.807, 2.05) is 24.3 Å². The molecule has 0 bridgehead atoms. The van der Waals surface area contributed by atoms with Gasteiger partial charge >= 0.3 is 6.18 Å². The molecule has 0 spiro atoms. The number of rotatable bonds is 4. The number of piperazine rings is 1. The van der Waals surface area contributed by atoms with Crippen molar-refractivity contribution in [3.63, 3.8) is 0 Å². The second-order valence-corrected chi connectivity index (χ2v) is 7.46. The smallest absolute Gasteiger partial charge is 0.338 e. The zero-order valence-corrected chi connectivity index (χ0v) is 16.5. The number of carbonyl (C=O) groups excluding carboxylic acids is 1. The van der Waals surface area contributed by atoms with Gasteiger partial charge in [-0.2, -0.15) is 18.3 Å². The van der Waals surface area contributed by atoms with Crippen LogP contribution in [0.4, 0.5) is 13.2 Å². The van der Waals surface area contributed by atoms with E-state index in [1.165, 1.54) is 6.92 Å². The van der Waals surface area contributed by atoms with Gasteiger partial charge in [0.15, 0.2) is 5.69 Å². The molecule has 1 aromatic carbocycles. The van der Waals surface area contributed by atoms with Gasteiger partial charge < -0.3 is 4.90 Å². The van der Waals surface area contributed by atoms with Crippen molar-refractivity contribution >= 4 is 17.5 Å². The van der Waals surface area contributed by atoms with Crippen molar-refractivity contribution in [1.82, 2.24) is 19.6 Å². The van der Waals surface area contributed by atoms with Gasteiger partial charge in [0, 0.05) is 43.4 Å². The van der Waals surface area contributed by atoms with Gasteiger partial charge in [0.2, 0.25) is 5.91 Å². The highest BCUT2D eigenvalue weighted by atomic mass is 35.5. The lowest BCUT2D eigenvalue weighted by atomic mass is 10.2. The van der Waals surface area contributed by atoms with Crippen molar-refractivity contribution in [2.75, 3.05) is 26.2 Å². The molecule has 1 aromatic heterocycles. The molecule has 2 aromatic rings. The highest BCUT2D eigenvalue weighted by molar-refractivity contribution is 6.30. The molecule has 1 amide bonds. The summed E-state index contributed by atoms with van der Waals surface area (Å²) in [5.41, 5.74) is 0.441. The number of halogens is 4. The molecule has 9 heteroatoms. The van der Waals surface area contributed by atoms with Crippen LogP contribution >= 0.6 is 11.6 Å². The fourth-order valence-corrected chi connectivity index (χ4v) is 3.62. The summed E-state index contributed by atoms with van der Waals surface area (Å²) in [5, 5.41) is 4.29. The molecule has 0 saturated carbocycles. The topological polar surface area (TPSA) is 41.4 Å². The number of hydrogen-bond donors (Lipinski definition) is 0. The van der Waals surface area contributed by atoms with E-state index in [4.69, 9.17) is 11.6 Å². The Morgan fingerprint density at radius 1 is 1.21 bits per heavy atom. The number of alkyl halides is 3. The number of benzene rings is 1. The number of hydrogen-bond acceptors (Lipinski definition) is 3. The normalized spacial score (nSPS) is 17.0. The van der Waals surface area contributed by atoms with Crippen LogP contribution < -0.4 is 0 Å².